The first kappa shape index (κ1) is 21.6. The number of nitrogens with zero attached hydrogens (tertiary/aromatic N) is 1. The third kappa shape index (κ3) is 7.61. The number of carbonyl (C=O) groups excluding carboxylic acids is 2. The Morgan fingerprint density at radius 3 is 2.54 bits per heavy atom. The number of rotatable bonds is 11. The van der Waals surface area contributed by atoms with Crippen molar-refractivity contribution in [3.05, 3.63) is 41.5 Å². The summed E-state index contributed by atoms with van der Waals surface area (Å²) in [6, 6.07) is 7.12. The molecule has 6 heteroatoms. The summed E-state index contributed by atoms with van der Waals surface area (Å²) in [5, 5.41) is 17.9. The average molecular weight is 361 g/mol. The average Bonchev–Trinajstić information content (AvgIpc) is 2.61. The zero-order valence-corrected chi connectivity index (χ0v) is 15.4. The Balaban J connectivity index is 2.53. The van der Waals surface area contributed by atoms with Crippen molar-refractivity contribution >= 4 is 23.7 Å². The lowest BCUT2D eigenvalue weighted by atomic mass is 9.98. The van der Waals surface area contributed by atoms with E-state index in [-0.39, 0.29) is 24.5 Å². The van der Waals surface area contributed by atoms with Crippen LogP contribution in [0.15, 0.2) is 30.3 Å². The SMILES string of the molecule is CN(C)C(=O)CCC/C=C\c1cccc(C(=O)CC[C@H](CO)C(=O)O)c1. The fourth-order valence-electron chi connectivity index (χ4n) is 2.37. The lowest BCUT2D eigenvalue weighted by Gasteiger charge is -2.08. The van der Waals surface area contributed by atoms with Crippen LogP contribution >= 0.6 is 0 Å². The standard InChI is InChI=1S/C20H27NO5/c1-21(2)19(24)10-5-3-4-7-15-8-6-9-16(13-15)18(23)12-11-17(14-22)20(25)26/h4,6-9,13,17,22H,3,5,10-12,14H2,1-2H3,(H,25,26)/b7-4-/t17-/m1/s1. The number of amides is 1. The summed E-state index contributed by atoms with van der Waals surface area (Å²) in [6.45, 7) is -0.471. The quantitative estimate of drug-likeness (QED) is 0.467. The van der Waals surface area contributed by atoms with Gasteiger partial charge < -0.3 is 15.1 Å². The van der Waals surface area contributed by atoms with Crippen LogP contribution in [0.25, 0.3) is 6.08 Å². The van der Waals surface area contributed by atoms with Gasteiger partial charge in [0.05, 0.1) is 12.5 Å². The molecule has 1 rings (SSSR count). The molecule has 0 saturated carbocycles. The number of benzene rings is 1. The van der Waals surface area contributed by atoms with Crippen LogP contribution in [-0.2, 0) is 9.59 Å². The molecule has 26 heavy (non-hydrogen) atoms. The van der Waals surface area contributed by atoms with Crippen LogP contribution in [0.1, 0.15) is 48.0 Å². The van der Waals surface area contributed by atoms with E-state index >= 15 is 0 Å². The van der Waals surface area contributed by atoms with Gasteiger partial charge in [0, 0.05) is 32.5 Å². The van der Waals surface area contributed by atoms with Gasteiger partial charge in [-0.15, -0.1) is 0 Å². The maximum Gasteiger partial charge on any atom is 0.308 e. The summed E-state index contributed by atoms with van der Waals surface area (Å²) in [5.74, 6) is -2.04. The molecule has 0 aliphatic carbocycles. The Kier molecular flexibility index (Phi) is 9.30. The van der Waals surface area contributed by atoms with Crippen molar-refractivity contribution in [3.63, 3.8) is 0 Å². The summed E-state index contributed by atoms with van der Waals surface area (Å²) >= 11 is 0. The number of aliphatic carboxylic acids is 1. The zero-order valence-electron chi connectivity index (χ0n) is 15.4. The summed E-state index contributed by atoms with van der Waals surface area (Å²) in [7, 11) is 3.47. The van der Waals surface area contributed by atoms with E-state index in [0.717, 1.165) is 18.4 Å². The van der Waals surface area contributed by atoms with E-state index in [1.807, 2.05) is 18.2 Å². The number of aliphatic hydroxyl groups is 1. The van der Waals surface area contributed by atoms with Gasteiger partial charge in [-0.2, -0.15) is 0 Å². The second-order valence-electron chi connectivity index (χ2n) is 6.39. The first-order valence-corrected chi connectivity index (χ1v) is 8.68. The number of Topliss-reactive ketones (excluding diaryl/α,β-unsaturated/α-hetero) is 1. The van der Waals surface area contributed by atoms with Crippen LogP contribution in [0.3, 0.4) is 0 Å². The molecule has 1 aromatic carbocycles. The molecular formula is C20H27NO5. The van der Waals surface area contributed by atoms with Gasteiger partial charge in [-0.1, -0.05) is 30.4 Å². The highest BCUT2D eigenvalue weighted by Gasteiger charge is 2.18. The molecular weight excluding hydrogens is 334 g/mol. The third-order valence-corrected chi connectivity index (χ3v) is 4.07. The van der Waals surface area contributed by atoms with Crippen LogP contribution in [0.2, 0.25) is 0 Å². The molecule has 0 saturated heterocycles. The Morgan fingerprint density at radius 2 is 1.92 bits per heavy atom. The van der Waals surface area contributed by atoms with Crippen molar-refractivity contribution in [2.45, 2.75) is 32.1 Å². The highest BCUT2D eigenvalue weighted by atomic mass is 16.4. The largest absolute Gasteiger partial charge is 0.481 e. The van der Waals surface area contributed by atoms with Crippen molar-refractivity contribution in [1.82, 2.24) is 4.90 Å². The van der Waals surface area contributed by atoms with E-state index in [2.05, 4.69) is 0 Å². The zero-order chi connectivity index (χ0) is 19.5. The van der Waals surface area contributed by atoms with Crippen molar-refractivity contribution in [1.29, 1.82) is 0 Å². The van der Waals surface area contributed by atoms with Crippen LogP contribution in [0.4, 0.5) is 0 Å². The van der Waals surface area contributed by atoms with E-state index in [0.29, 0.717) is 12.0 Å². The minimum Gasteiger partial charge on any atom is -0.481 e. The van der Waals surface area contributed by atoms with E-state index in [4.69, 9.17) is 10.2 Å². The number of allylic oxidation sites excluding steroid dienone is 1. The van der Waals surface area contributed by atoms with E-state index in [1.54, 1.807) is 37.2 Å². The molecule has 0 heterocycles. The monoisotopic (exact) mass is 361 g/mol. The predicted molar refractivity (Wildman–Crippen MR) is 99.8 cm³/mol. The first-order chi connectivity index (χ1) is 12.3. The number of unbranched alkanes of at least 4 members (excludes halogenated alkanes) is 1. The molecule has 0 fully saturated rings. The second kappa shape index (κ2) is 11.2. The highest BCUT2D eigenvalue weighted by Crippen LogP contribution is 2.14. The van der Waals surface area contributed by atoms with E-state index in [9.17, 15) is 14.4 Å². The van der Waals surface area contributed by atoms with Gasteiger partial charge in [-0.25, -0.2) is 0 Å². The Bertz CT molecular complexity index is 651. The molecule has 1 aromatic rings. The minimum atomic E-state index is -1.09. The van der Waals surface area contributed by atoms with Gasteiger partial charge in [0.15, 0.2) is 5.78 Å². The predicted octanol–water partition coefficient (Wildman–Crippen LogP) is 2.61. The van der Waals surface area contributed by atoms with Gasteiger partial charge in [0.1, 0.15) is 0 Å². The van der Waals surface area contributed by atoms with Gasteiger partial charge in [-0.05, 0) is 30.9 Å². The topological polar surface area (TPSA) is 94.9 Å². The normalized spacial score (nSPS) is 12.1. The van der Waals surface area contributed by atoms with E-state index in [1.165, 1.54) is 0 Å². The molecule has 1 atom stereocenters. The Hall–Kier alpha value is -2.47. The molecule has 0 radical (unpaired) electrons. The second-order valence-corrected chi connectivity index (χ2v) is 6.39. The molecule has 0 unspecified atom stereocenters. The number of carboxylic acids is 1. The minimum absolute atomic E-state index is 0.0807. The van der Waals surface area contributed by atoms with Crippen molar-refractivity contribution in [2.75, 3.05) is 20.7 Å². The van der Waals surface area contributed by atoms with Gasteiger partial charge >= 0.3 is 5.97 Å². The molecule has 0 aliphatic rings. The molecule has 0 bridgehead atoms. The number of ketones is 1. The van der Waals surface area contributed by atoms with Crippen molar-refractivity contribution in [2.24, 2.45) is 5.92 Å². The number of hydrogen-bond donors (Lipinski definition) is 2. The van der Waals surface area contributed by atoms with Crippen LogP contribution in [0, 0.1) is 5.92 Å². The molecule has 0 spiro atoms. The fraction of sp³-hybridized carbons (Fsp3) is 0.450. The maximum atomic E-state index is 12.2. The molecule has 1 amide bonds. The Morgan fingerprint density at radius 1 is 1.19 bits per heavy atom. The molecule has 0 aliphatic heterocycles. The summed E-state index contributed by atoms with van der Waals surface area (Å²) in [5.41, 5.74) is 1.41. The van der Waals surface area contributed by atoms with Gasteiger partial charge in [0.2, 0.25) is 5.91 Å². The number of carboxylic acid groups (broad SMARTS) is 1. The summed E-state index contributed by atoms with van der Waals surface area (Å²) in [4.78, 5) is 36.1. The maximum absolute atomic E-state index is 12.2. The molecule has 6 nitrogen and oxygen atoms in total. The van der Waals surface area contributed by atoms with Gasteiger partial charge in [-0.3, -0.25) is 14.4 Å². The highest BCUT2D eigenvalue weighted by molar-refractivity contribution is 5.96. The molecule has 142 valence electrons. The van der Waals surface area contributed by atoms with Gasteiger partial charge in [0.25, 0.3) is 0 Å². The van der Waals surface area contributed by atoms with Crippen molar-refractivity contribution in [3.8, 4) is 0 Å². The third-order valence-electron chi connectivity index (χ3n) is 4.07. The van der Waals surface area contributed by atoms with E-state index < -0.39 is 18.5 Å². The number of carbonyl (C=O) groups is 3. The summed E-state index contributed by atoms with van der Waals surface area (Å²) < 4.78 is 0. The lowest BCUT2D eigenvalue weighted by Crippen LogP contribution is -2.20. The summed E-state index contributed by atoms with van der Waals surface area (Å²) in [6.07, 6.45) is 6.12. The number of aliphatic hydroxyl groups excluding tert-OH is 1. The smallest absolute Gasteiger partial charge is 0.308 e. The fourth-order valence-corrected chi connectivity index (χ4v) is 2.37. The molecule has 2 N–H and O–H groups in total. The Labute approximate surface area is 154 Å². The first-order valence-electron chi connectivity index (χ1n) is 8.68. The lowest BCUT2D eigenvalue weighted by molar-refractivity contribution is -0.143. The molecule has 0 aromatic heterocycles. The van der Waals surface area contributed by atoms with Crippen LogP contribution in [-0.4, -0.2) is 53.5 Å². The van der Waals surface area contributed by atoms with Crippen LogP contribution < -0.4 is 0 Å². The van der Waals surface area contributed by atoms with Crippen molar-refractivity contribution < 1.29 is 24.6 Å². The van der Waals surface area contributed by atoms with Crippen LogP contribution in [0.5, 0.6) is 0 Å². The number of hydrogen-bond acceptors (Lipinski definition) is 4.